The Labute approximate surface area is 319 Å². The third kappa shape index (κ3) is 3.97. The minimum atomic E-state index is 0.404. The lowest BCUT2D eigenvalue weighted by molar-refractivity contribution is 0.673. The van der Waals surface area contributed by atoms with Crippen LogP contribution in [0.3, 0.4) is 0 Å². The van der Waals surface area contributed by atoms with Crippen molar-refractivity contribution in [2.24, 2.45) is 0 Å². The van der Waals surface area contributed by atoms with E-state index in [9.17, 15) is 10.5 Å². The molecule has 12 aromatic rings. The summed E-state index contributed by atoms with van der Waals surface area (Å²) in [6.07, 6.45) is 0. The molecule has 6 heteroatoms. The topological polar surface area (TPSA) is 75.5 Å². The third-order valence-corrected chi connectivity index (χ3v) is 11.5. The number of nitrogens with zero attached hydrogens (tertiary/aromatic N) is 5. The fraction of sp³-hybridized carbons (Fsp3) is 0. The summed E-state index contributed by atoms with van der Waals surface area (Å²) in [5, 5.41) is 30.0. The first-order chi connectivity index (χ1) is 27.7. The minimum absolute atomic E-state index is 0.404. The van der Waals surface area contributed by atoms with E-state index in [1.807, 2.05) is 48.5 Å². The standard InChI is InChI=1S/C50H27N5O/c51-28-30-25-31(29-52)47(27-46(30)54-42-18-8-3-13-35(42)36-14-4-9-19-43(36)54)55-44-23-21-32(53-40-16-6-1-11-33(40)34-12-2-7-17-41(34)53)26-39(44)49-45(55)24-22-38-37-15-5-10-20-48(37)56-50(38)49/h1-27H. The Hall–Kier alpha value is -8.06. The predicted molar refractivity (Wildman–Crippen MR) is 226 cm³/mol. The summed E-state index contributed by atoms with van der Waals surface area (Å²) >= 11 is 0. The van der Waals surface area contributed by atoms with Gasteiger partial charge in [0.05, 0.1) is 61.0 Å². The first kappa shape index (κ1) is 30.4. The molecule has 56 heavy (non-hydrogen) atoms. The molecule has 0 saturated heterocycles. The lowest BCUT2D eigenvalue weighted by Crippen LogP contribution is -2.04. The fourth-order valence-electron chi connectivity index (χ4n) is 9.18. The lowest BCUT2D eigenvalue weighted by atomic mass is 10.1. The Morgan fingerprint density at radius 1 is 0.375 bits per heavy atom. The van der Waals surface area contributed by atoms with Gasteiger partial charge in [0.15, 0.2) is 0 Å². The summed E-state index contributed by atoms with van der Waals surface area (Å²) in [5.74, 6) is 0. The van der Waals surface area contributed by atoms with Crippen molar-refractivity contribution < 1.29 is 4.42 Å². The number of rotatable bonds is 3. The molecule has 0 spiro atoms. The molecule has 0 aliphatic heterocycles. The van der Waals surface area contributed by atoms with Crippen LogP contribution in [0.4, 0.5) is 0 Å². The molecule has 258 valence electrons. The number of fused-ring (bicyclic) bond motifs is 13. The predicted octanol–water partition coefficient (Wildman–Crippen LogP) is 12.6. The summed E-state index contributed by atoms with van der Waals surface area (Å²) in [7, 11) is 0. The quantitative estimate of drug-likeness (QED) is 0.183. The largest absolute Gasteiger partial charge is 0.455 e. The number of benzene rings is 8. The van der Waals surface area contributed by atoms with E-state index in [0.29, 0.717) is 22.5 Å². The highest BCUT2D eigenvalue weighted by Gasteiger charge is 2.24. The second-order valence-electron chi connectivity index (χ2n) is 14.3. The Morgan fingerprint density at radius 2 is 0.839 bits per heavy atom. The smallest absolute Gasteiger partial charge is 0.145 e. The molecular weight excluding hydrogens is 687 g/mol. The highest BCUT2D eigenvalue weighted by atomic mass is 16.3. The van der Waals surface area contributed by atoms with Crippen LogP contribution in [0.15, 0.2) is 168 Å². The highest BCUT2D eigenvalue weighted by molar-refractivity contribution is 6.24. The number of furan rings is 1. The first-order valence-electron chi connectivity index (χ1n) is 18.6. The normalized spacial score (nSPS) is 11.9. The van der Waals surface area contributed by atoms with E-state index in [2.05, 4.69) is 135 Å². The van der Waals surface area contributed by atoms with Crippen molar-refractivity contribution in [2.45, 2.75) is 0 Å². The van der Waals surface area contributed by atoms with Crippen molar-refractivity contribution in [3.63, 3.8) is 0 Å². The van der Waals surface area contributed by atoms with Crippen LogP contribution in [0.25, 0.3) is 104 Å². The Balaban J connectivity index is 1.22. The number of aromatic nitrogens is 3. The van der Waals surface area contributed by atoms with Crippen molar-refractivity contribution in [1.29, 1.82) is 10.5 Å². The molecule has 8 aromatic carbocycles. The average molecular weight is 714 g/mol. The molecule has 0 saturated carbocycles. The number of nitriles is 2. The monoisotopic (exact) mass is 713 g/mol. The van der Waals surface area contributed by atoms with E-state index < -0.39 is 0 Å². The van der Waals surface area contributed by atoms with Crippen LogP contribution in [0.2, 0.25) is 0 Å². The van der Waals surface area contributed by atoms with Gasteiger partial charge in [0.2, 0.25) is 0 Å². The Kier molecular flexibility index (Phi) is 6.10. The maximum absolute atomic E-state index is 10.8. The van der Waals surface area contributed by atoms with Gasteiger partial charge in [-0.2, -0.15) is 10.5 Å². The van der Waals surface area contributed by atoms with Gasteiger partial charge in [-0.3, -0.25) is 0 Å². The average Bonchev–Trinajstić information content (AvgIpc) is 3.99. The summed E-state index contributed by atoms with van der Waals surface area (Å²) in [6.45, 7) is 0. The number of hydrogen-bond donors (Lipinski definition) is 0. The van der Waals surface area contributed by atoms with Crippen LogP contribution in [0, 0.1) is 22.7 Å². The van der Waals surface area contributed by atoms with Crippen LogP contribution in [-0.4, -0.2) is 13.7 Å². The van der Waals surface area contributed by atoms with E-state index in [4.69, 9.17) is 4.42 Å². The van der Waals surface area contributed by atoms with E-state index in [1.165, 1.54) is 10.8 Å². The maximum atomic E-state index is 10.8. The van der Waals surface area contributed by atoms with Crippen molar-refractivity contribution in [1.82, 2.24) is 13.7 Å². The van der Waals surface area contributed by atoms with Crippen LogP contribution in [0.1, 0.15) is 11.1 Å². The fourth-order valence-corrected chi connectivity index (χ4v) is 9.18. The second kappa shape index (κ2) is 11.2. The van der Waals surface area contributed by atoms with E-state index in [0.717, 1.165) is 82.3 Å². The highest BCUT2D eigenvalue weighted by Crippen LogP contribution is 2.43. The molecule has 0 fully saturated rings. The number of para-hydroxylation sites is 5. The Morgan fingerprint density at radius 3 is 1.41 bits per heavy atom. The van der Waals surface area contributed by atoms with Gasteiger partial charge >= 0.3 is 0 Å². The maximum Gasteiger partial charge on any atom is 0.145 e. The van der Waals surface area contributed by atoms with E-state index >= 15 is 0 Å². The second-order valence-corrected chi connectivity index (χ2v) is 14.3. The van der Waals surface area contributed by atoms with Crippen molar-refractivity contribution in [2.75, 3.05) is 0 Å². The minimum Gasteiger partial charge on any atom is -0.455 e. The molecule has 12 rings (SSSR count). The van der Waals surface area contributed by atoms with E-state index in [1.54, 1.807) is 6.07 Å². The molecule has 0 bridgehead atoms. The zero-order valence-electron chi connectivity index (χ0n) is 29.7. The molecule has 0 aliphatic rings. The SMILES string of the molecule is N#Cc1cc(C#N)c(-n2c3ccc(-n4c5ccccc5c5ccccc54)cc3c3c4oc5ccccc5c4ccc32)cc1-n1c2ccccc2c2ccccc21. The zero-order valence-corrected chi connectivity index (χ0v) is 29.7. The van der Waals surface area contributed by atoms with Crippen LogP contribution in [0.5, 0.6) is 0 Å². The van der Waals surface area contributed by atoms with E-state index in [-0.39, 0.29) is 0 Å². The first-order valence-corrected chi connectivity index (χ1v) is 18.6. The summed E-state index contributed by atoms with van der Waals surface area (Å²) < 4.78 is 13.4. The summed E-state index contributed by atoms with van der Waals surface area (Å²) in [6, 6.07) is 61.2. The lowest BCUT2D eigenvalue weighted by Gasteiger charge is -2.16. The van der Waals surface area contributed by atoms with Gasteiger partial charge in [-0.15, -0.1) is 0 Å². The zero-order chi connectivity index (χ0) is 37.1. The van der Waals surface area contributed by atoms with Crippen LogP contribution < -0.4 is 0 Å². The third-order valence-electron chi connectivity index (χ3n) is 11.5. The molecule has 0 aliphatic carbocycles. The van der Waals surface area contributed by atoms with Gasteiger partial charge < -0.3 is 18.1 Å². The molecule has 0 atom stereocenters. The van der Waals surface area contributed by atoms with Crippen LogP contribution in [-0.2, 0) is 0 Å². The summed E-state index contributed by atoms with van der Waals surface area (Å²) in [4.78, 5) is 0. The van der Waals surface area contributed by atoms with Gasteiger partial charge in [0.1, 0.15) is 23.3 Å². The molecule has 0 unspecified atom stereocenters. The van der Waals surface area contributed by atoms with Gasteiger partial charge in [-0.25, -0.2) is 0 Å². The molecular formula is C50H27N5O. The molecule has 0 radical (unpaired) electrons. The van der Waals surface area contributed by atoms with Gasteiger partial charge in [0.25, 0.3) is 0 Å². The number of hydrogen-bond acceptors (Lipinski definition) is 3. The summed E-state index contributed by atoms with van der Waals surface area (Å²) in [5.41, 5.74) is 10.9. The molecule has 4 heterocycles. The Bertz CT molecular complexity index is 3640. The van der Waals surface area contributed by atoms with Gasteiger partial charge in [-0.1, -0.05) is 91.0 Å². The van der Waals surface area contributed by atoms with Gasteiger partial charge in [-0.05, 0) is 72.8 Å². The van der Waals surface area contributed by atoms with Crippen LogP contribution >= 0.6 is 0 Å². The molecule has 6 nitrogen and oxygen atoms in total. The molecule has 4 aromatic heterocycles. The van der Waals surface area contributed by atoms with Crippen molar-refractivity contribution >= 4 is 87.4 Å². The van der Waals surface area contributed by atoms with Crippen molar-refractivity contribution in [3.8, 4) is 29.2 Å². The molecule has 0 amide bonds. The van der Waals surface area contributed by atoms with Crippen molar-refractivity contribution in [3.05, 3.63) is 175 Å². The molecule has 0 N–H and O–H groups in total. The van der Waals surface area contributed by atoms with Gasteiger partial charge in [0, 0.05) is 43.4 Å².